The normalized spacial score (nSPS) is 28.2. The van der Waals surface area contributed by atoms with E-state index in [1.807, 2.05) is 0 Å². The van der Waals surface area contributed by atoms with Gasteiger partial charge in [0.05, 0.1) is 5.92 Å². The molecule has 2 aliphatic rings. The van der Waals surface area contributed by atoms with Crippen LogP contribution in [0.25, 0.3) is 0 Å². The number of alkyl halides is 3. The van der Waals surface area contributed by atoms with Gasteiger partial charge < -0.3 is 10.6 Å². The van der Waals surface area contributed by atoms with Gasteiger partial charge in [0.25, 0.3) is 0 Å². The molecule has 1 amide bonds. The lowest BCUT2D eigenvalue weighted by Gasteiger charge is -2.31. The fraction of sp³-hybridized carbons (Fsp3) is 0.923. The maximum Gasteiger partial charge on any atom is 0.391 e. The van der Waals surface area contributed by atoms with Crippen LogP contribution in [-0.2, 0) is 4.79 Å². The first-order valence-corrected chi connectivity index (χ1v) is 7.04. The van der Waals surface area contributed by atoms with Crippen LogP contribution in [0.5, 0.6) is 0 Å². The molecule has 0 saturated heterocycles. The Kier molecular flexibility index (Phi) is 4.71. The van der Waals surface area contributed by atoms with E-state index in [1.54, 1.807) is 0 Å². The van der Waals surface area contributed by atoms with Gasteiger partial charge in [0.1, 0.15) is 0 Å². The van der Waals surface area contributed by atoms with Crippen molar-refractivity contribution in [3.8, 4) is 0 Å². The summed E-state index contributed by atoms with van der Waals surface area (Å²) in [5.41, 5.74) is 0. The maximum absolute atomic E-state index is 12.6. The molecule has 2 unspecified atom stereocenters. The minimum absolute atomic E-state index is 0.00168. The Labute approximate surface area is 111 Å². The highest BCUT2D eigenvalue weighted by Gasteiger charge is 2.41. The van der Waals surface area contributed by atoms with E-state index in [9.17, 15) is 18.0 Å². The lowest BCUT2D eigenvalue weighted by Crippen LogP contribution is -2.40. The first-order valence-electron chi connectivity index (χ1n) is 7.04. The third kappa shape index (κ3) is 5.01. The third-order valence-electron chi connectivity index (χ3n) is 3.86. The molecule has 3 nitrogen and oxygen atoms in total. The SMILES string of the molecule is O=C(CCNC1CCCC(C(F)(F)F)C1)NC1CC1. The average Bonchev–Trinajstić information content (AvgIpc) is 3.12. The van der Waals surface area contributed by atoms with Crippen LogP contribution in [0.15, 0.2) is 0 Å². The first-order chi connectivity index (χ1) is 8.95. The van der Waals surface area contributed by atoms with E-state index in [4.69, 9.17) is 0 Å². The van der Waals surface area contributed by atoms with Gasteiger partial charge in [-0.1, -0.05) is 6.42 Å². The smallest absolute Gasteiger partial charge is 0.353 e. The number of hydrogen-bond donors (Lipinski definition) is 2. The molecular weight excluding hydrogens is 257 g/mol. The molecule has 0 aliphatic heterocycles. The summed E-state index contributed by atoms with van der Waals surface area (Å²) in [6.07, 6.45) is 0.141. The standard InChI is InChI=1S/C13H21F3N2O/c14-13(15,16)9-2-1-3-11(8-9)17-7-6-12(19)18-10-4-5-10/h9-11,17H,1-8H2,(H,18,19). The van der Waals surface area contributed by atoms with E-state index in [1.165, 1.54) is 0 Å². The number of amides is 1. The third-order valence-corrected chi connectivity index (χ3v) is 3.86. The van der Waals surface area contributed by atoms with Crippen molar-refractivity contribution in [2.75, 3.05) is 6.54 Å². The Morgan fingerprint density at radius 3 is 2.47 bits per heavy atom. The summed E-state index contributed by atoms with van der Waals surface area (Å²) >= 11 is 0. The highest BCUT2D eigenvalue weighted by molar-refractivity contribution is 5.76. The van der Waals surface area contributed by atoms with Gasteiger partial charge in [-0.15, -0.1) is 0 Å². The van der Waals surface area contributed by atoms with Gasteiger partial charge in [-0.05, 0) is 32.1 Å². The Morgan fingerprint density at radius 1 is 1.11 bits per heavy atom. The Balaban J connectivity index is 1.63. The van der Waals surface area contributed by atoms with Gasteiger partial charge in [0.15, 0.2) is 0 Å². The predicted molar refractivity (Wildman–Crippen MR) is 65.6 cm³/mol. The number of rotatable bonds is 5. The molecule has 0 bridgehead atoms. The average molecular weight is 278 g/mol. The van der Waals surface area contributed by atoms with Crippen LogP contribution in [0.2, 0.25) is 0 Å². The molecular formula is C13H21F3N2O. The monoisotopic (exact) mass is 278 g/mol. The number of halogens is 3. The predicted octanol–water partition coefficient (Wildman–Crippen LogP) is 2.37. The molecule has 0 aromatic heterocycles. The fourth-order valence-electron chi connectivity index (χ4n) is 2.59. The van der Waals surface area contributed by atoms with Crippen LogP contribution < -0.4 is 10.6 Å². The van der Waals surface area contributed by atoms with E-state index in [-0.39, 0.29) is 24.8 Å². The van der Waals surface area contributed by atoms with Crippen molar-refractivity contribution in [3.05, 3.63) is 0 Å². The van der Waals surface area contributed by atoms with Gasteiger partial charge in [-0.3, -0.25) is 4.79 Å². The van der Waals surface area contributed by atoms with Crippen LogP contribution in [0.3, 0.4) is 0 Å². The van der Waals surface area contributed by atoms with Gasteiger partial charge in [-0.25, -0.2) is 0 Å². The molecule has 110 valence electrons. The molecule has 2 N–H and O–H groups in total. The second-order valence-electron chi connectivity index (χ2n) is 5.65. The van der Waals surface area contributed by atoms with Crippen molar-refractivity contribution in [1.29, 1.82) is 0 Å². The van der Waals surface area contributed by atoms with Crippen molar-refractivity contribution >= 4 is 5.91 Å². The van der Waals surface area contributed by atoms with Gasteiger partial charge >= 0.3 is 6.18 Å². The number of carbonyl (C=O) groups is 1. The minimum Gasteiger partial charge on any atom is -0.353 e. The molecule has 0 aromatic carbocycles. The molecule has 2 saturated carbocycles. The Morgan fingerprint density at radius 2 is 1.84 bits per heavy atom. The molecule has 0 spiro atoms. The number of carbonyl (C=O) groups excluding carboxylic acids is 1. The van der Waals surface area contributed by atoms with Crippen molar-refractivity contribution in [1.82, 2.24) is 10.6 Å². The van der Waals surface area contributed by atoms with Gasteiger partial charge in [0.2, 0.25) is 5.91 Å². The van der Waals surface area contributed by atoms with Crippen LogP contribution in [-0.4, -0.2) is 30.7 Å². The zero-order chi connectivity index (χ0) is 13.9. The highest BCUT2D eigenvalue weighted by Crippen LogP contribution is 2.37. The van der Waals surface area contributed by atoms with Crippen molar-refractivity contribution < 1.29 is 18.0 Å². The van der Waals surface area contributed by atoms with E-state index < -0.39 is 12.1 Å². The van der Waals surface area contributed by atoms with Crippen LogP contribution in [0.1, 0.15) is 44.9 Å². The van der Waals surface area contributed by atoms with E-state index in [0.717, 1.165) is 19.3 Å². The first kappa shape index (κ1) is 14.6. The molecule has 0 aromatic rings. The van der Waals surface area contributed by atoms with Crippen LogP contribution in [0, 0.1) is 5.92 Å². The van der Waals surface area contributed by atoms with Gasteiger partial charge in [0, 0.05) is 25.0 Å². The summed E-state index contributed by atoms with van der Waals surface area (Å²) in [6.45, 7) is 0.466. The summed E-state index contributed by atoms with van der Waals surface area (Å²) in [5, 5.41) is 5.95. The van der Waals surface area contributed by atoms with Crippen molar-refractivity contribution in [3.63, 3.8) is 0 Å². The number of nitrogens with one attached hydrogen (secondary N) is 2. The zero-order valence-corrected chi connectivity index (χ0v) is 10.9. The second kappa shape index (κ2) is 6.11. The van der Waals surface area contributed by atoms with E-state index in [2.05, 4.69) is 10.6 Å². The highest BCUT2D eigenvalue weighted by atomic mass is 19.4. The van der Waals surface area contributed by atoms with Crippen LogP contribution in [0.4, 0.5) is 13.2 Å². The molecule has 2 fully saturated rings. The zero-order valence-electron chi connectivity index (χ0n) is 10.9. The Hall–Kier alpha value is -0.780. The molecule has 2 rings (SSSR count). The molecule has 2 aliphatic carbocycles. The van der Waals surface area contributed by atoms with Gasteiger partial charge in [-0.2, -0.15) is 13.2 Å². The quantitative estimate of drug-likeness (QED) is 0.810. The molecule has 0 heterocycles. The molecule has 2 atom stereocenters. The fourth-order valence-corrected chi connectivity index (χ4v) is 2.59. The summed E-state index contributed by atoms with van der Waals surface area (Å²) in [4.78, 5) is 11.4. The lowest BCUT2D eigenvalue weighted by atomic mass is 9.85. The number of hydrogen-bond acceptors (Lipinski definition) is 2. The second-order valence-corrected chi connectivity index (χ2v) is 5.65. The molecule has 0 radical (unpaired) electrons. The van der Waals surface area contributed by atoms with Crippen molar-refractivity contribution in [2.24, 2.45) is 5.92 Å². The van der Waals surface area contributed by atoms with E-state index >= 15 is 0 Å². The lowest BCUT2D eigenvalue weighted by molar-refractivity contribution is -0.183. The topological polar surface area (TPSA) is 41.1 Å². The van der Waals surface area contributed by atoms with Crippen LogP contribution >= 0.6 is 0 Å². The summed E-state index contributed by atoms with van der Waals surface area (Å²) in [6, 6.07) is 0.242. The summed E-state index contributed by atoms with van der Waals surface area (Å²) in [5.74, 6) is -1.18. The van der Waals surface area contributed by atoms with Crippen molar-refractivity contribution in [2.45, 2.75) is 63.2 Å². The largest absolute Gasteiger partial charge is 0.391 e. The Bertz CT molecular complexity index is 316. The van der Waals surface area contributed by atoms with E-state index in [0.29, 0.717) is 25.4 Å². The summed E-state index contributed by atoms with van der Waals surface area (Å²) < 4.78 is 37.9. The molecule has 19 heavy (non-hydrogen) atoms. The maximum atomic E-state index is 12.6. The summed E-state index contributed by atoms with van der Waals surface area (Å²) in [7, 11) is 0. The molecule has 6 heteroatoms. The minimum atomic E-state index is -4.08.